The average molecular weight is 188 g/mol. The van der Waals surface area contributed by atoms with Crippen LogP contribution >= 0.6 is 0 Å². The second-order valence-corrected chi connectivity index (χ2v) is 3.34. The number of nitrogens with zero attached hydrogens (tertiary/aromatic N) is 1. The summed E-state index contributed by atoms with van der Waals surface area (Å²) in [6.07, 6.45) is 3.90. The van der Waals surface area contributed by atoms with Crippen molar-refractivity contribution in [2.75, 3.05) is 5.73 Å². The summed E-state index contributed by atoms with van der Waals surface area (Å²) in [6.45, 7) is 1.99. The van der Waals surface area contributed by atoms with Crippen LogP contribution in [0.15, 0.2) is 35.2 Å². The number of aromatic nitrogens is 1. The Morgan fingerprint density at radius 3 is 2.93 bits per heavy atom. The lowest BCUT2D eigenvalue weighted by molar-refractivity contribution is 0.514. The third-order valence-corrected chi connectivity index (χ3v) is 2.21. The van der Waals surface area contributed by atoms with E-state index in [0.29, 0.717) is 0 Å². The van der Waals surface area contributed by atoms with Crippen molar-refractivity contribution in [1.82, 2.24) is 4.98 Å². The van der Waals surface area contributed by atoms with Crippen LogP contribution in [0.4, 0.5) is 5.69 Å². The van der Waals surface area contributed by atoms with Crippen molar-refractivity contribution in [3.8, 4) is 0 Å². The molecule has 0 atom stereocenters. The zero-order valence-electron chi connectivity index (χ0n) is 8.03. The predicted molar refractivity (Wildman–Crippen MR) is 54.9 cm³/mol. The van der Waals surface area contributed by atoms with Crippen LogP contribution in [-0.4, -0.2) is 4.98 Å². The molecule has 0 saturated heterocycles. The minimum absolute atomic E-state index is 0.741. The Morgan fingerprint density at radius 1 is 1.43 bits per heavy atom. The molecule has 3 nitrogen and oxygen atoms in total. The number of hydrogen-bond donors (Lipinski definition) is 1. The highest BCUT2D eigenvalue weighted by Crippen LogP contribution is 2.15. The second-order valence-electron chi connectivity index (χ2n) is 3.34. The van der Waals surface area contributed by atoms with Gasteiger partial charge in [-0.3, -0.25) is 0 Å². The third-order valence-electron chi connectivity index (χ3n) is 2.21. The smallest absolute Gasteiger partial charge is 0.180 e. The van der Waals surface area contributed by atoms with Crippen LogP contribution in [0, 0.1) is 6.92 Å². The highest BCUT2D eigenvalue weighted by Gasteiger charge is 2.01. The van der Waals surface area contributed by atoms with Crippen LogP contribution in [-0.2, 0) is 6.42 Å². The van der Waals surface area contributed by atoms with E-state index in [9.17, 15) is 0 Å². The maximum absolute atomic E-state index is 5.80. The Hall–Kier alpha value is -1.77. The standard InChI is InChI=1S/C11H12N2O/c1-8-2-3-9(5-11(8)12)4-10-6-13-7-14-10/h2-3,5-7H,4,12H2,1H3. The molecular weight excluding hydrogens is 176 g/mol. The summed E-state index contributed by atoms with van der Waals surface area (Å²) in [5.41, 5.74) is 8.87. The van der Waals surface area contributed by atoms with Gasteiger partial charge in [-0.1, -0.05) is 12.1 Å². The normalized spacial score (nSPS) is 10.4. The molecule has 3 heteroatoms. The van der Waals surface area contributed by atoms with Gasteiger partial charge in [-0.2, -0.15) is 0 Å². The molecule has 0 spiro atoms. The second kappa shape index (κ2) is 3.54. The summed E-state index contributed by atoms with van der Waals surface area (Å²) in [5, 5.41) is 0. The van der Waals surface area contributed by atoms with E-state index in [-0.39, 0.29) is 0 Å². The van der Waals surface area contributed by atoms with Gasteiger partial charge in [0.25, 0.3) is 0 Å². The first-order chi connectivity index (χ1) is 6.75. The molecule has 1 heterocycles. The molecule has 2 rings (SSSR count). The predicted octanol–water partition coefficient (Wildman–Crippen LogP) is 2.16. The minimum Gasteiger partial charge on any atom is -0.448 e. The van der Waals surface area contributed by atoms with Crippen molar-refractivity contribution in [1.29, 1.82) is 0 Å². The number of nitrogens with two attached hydrogens (primary N) is 1. The molecule has 2 N–H and O–H groups in total. The van der Waals surface area contributed by atoms with E-state index in [1.54, 1.807) is 6.20 Å². The first-order valence-corrected chi connectivity index (χ1v) is 4.48. The van der Waals surface area contributed by atoms with Crippen LogP contribution in [0.1, 0.15) is 16.9 Å². The minimum atomic E-state index is 0.741. The molecule has 0 unspecified atom stereocenters. The quantitative estimate of drug-likeness (QED) is 0.735. The number of rotatable bonds is 2. The maximum atomic E-state index is 5.80. The average Bonchev–Trinajstić information content (AvgIpc) is 2.64. The van der Waals surface area contributed by atoms with Crippen molar-refractivity contribution in [3.63, 3.8) is 0 Å². The molecule has 1 aromatic carbocycles. The Balaban J connectivity index is 2.22. The molecule has 0 bridgehead atoms. The Labute approximate surface area is 82.6 Å². The monoisotopic (exact) mass is 188 g/mol. The molecule has 0 aliphatic rings. The molecular formula is C11H12N2O. The van der Waals surface area contributed by atoms with Crippen molar-refractivity contribution in [2.45, 2.75) is 13.3 Å². The van der Waals surface area contributed by atoms with Crippen LogP contribution in [0.2, 0.25) is 0 Å². The first kappa shape index (κ1) is 8.81. The summed E-state index contributed by atoms with van der Waals surface area (Å²) < 4.78 is 5.16. The SMILES string of the molecule is Cc1ccc(Cc2cnco2)cc1N. The number of nitrogen functional groups attached to an aromatic ring is 1. The maximum Gasteiger partial charge on any atom is 0.180 e. The van der Waals surface area contributed by atoms with Gasteiger partial charge >= 0.3 is 0 Å². The fourth-order valence-corrected chi connectivity index (χ4v) is 1.33. The number of anilines is 1. The van der Waals surface area contributed by atoms with Gasteiger partial charge in [-0.15, -0.1) is 0 Å². The van der Waals surface area contributed by atoms with Crippen molar-refractivity contribution >= 4 is 5.69 Å². The van der Waals surface area contributed by atoms with Crippen LogP contribution in [0.3, 0.4) is 0 Å². The Kier molecular flexibility index (Phi) is 2.23. The summed E-state index contributed by atoms with van der Waals surface area (Å²) in [5.74, 6) is 0.855. The summed E-state index contributed by atoms with van der Waals surface area (Å²) in [6, 6.07) is 6.03. The Bertz CT molecular complexity index is 421. The van der Waals surface area contributed by atoms with Crippen LogP contribution in [0.25, 0.3) is 0 Å². The molecule has 2 aromatic rings. The molecule has 0 aliphatic heterocycles. The molecule has 0 saturated carbocycles. The molecule has 0 amide bonds. The largest absolute Gasteiger partial charge is 0.448 e. The lowest BCUT2D eigenvalue weighted by atomic mass is 10.1. The number of aryl methyl sites for hydroxylation is 1. The van der Waals surface area contributed by atoms with E-state index in [2.05, 4.69) is 4.98 Å². The van der Waals surface area contributed by atoms with Crippen molar-refractivity contribution in [3.05, 3.63) is 47.7 Å². The Morgan fingerprint density at radius 2 is 2.29 bits per heavy atom. The highest BCUT2D eigenvalue weighted by atomic mass is 16.3. The van der Waals surface area contributed by atoms with E-state index in [1.807, 2.05) is 25.1 Å². The van der Waals surface area contributed by atoms with Gasteiger partial charge in [-0.05, 0) is 24.1 Å². The van der Waals surface area contributed by atoms with Crippen molar-refractivity contribution < 1.29 is 4.42 Å². The molecule has 72 valence electrons. The first-order valence-electron chi connectivity index (χ1n) is 4.48. The van der Waals surface area contributed by atoms with Crippen LogP contribution < -0.4 is 5.73 Å². The van der Waals surface area contributed by atoms with Gasteiger partial charge < -0.3 is 10.2 Å². The van der Waals surface area contributed by atoms with E-state index >= 15 is 0 Å². The molecule has 14 heavy (non-hydrogen) atoms. The molecule has 1 aromatic heterocycles. The topological polar surface area (TPSA) is 52.0 Å². The van der Waals surface area contributed by atoms with Gasteiger partial charge in [0.05, 0.1) is 6.20 Å². The lowest BCUT2D eigenvalue weighted by Crippen LogP contribution is -1.92. The van der Waals surface area contributed by atoms with Gasteiger partial charge in [0.2, 0.25) is 0 Å². The third kappa shape index (κ3) is 1.76. The molecule has 0 fully saturated rings. The summed E-state index contributed by atoms with van der Waals surface area (Å²) in [4.78, 5) is 3.86. The molecule has 0 radical (unpaired) electrons. The lowest BCUT2D eigenvalue weighted by Gasteiger charge is -2.02. The zero-order chi connectivity index (χ0) is 9.97. The van der Waals surface area contributed by atoms with E-state index < -0.39 is 0 Å². The summed E-state index contributed by atoms with van der Waals surface area (Å²) in [7, 11) is 0. The van der Waals surface area contributed by atoms with Gasteiger partial charge in [-0.25, -0.2) is 4.98 Å². The van der Waals surface area contributed by atoms with E-state index in [1.165, 1.54) is 6.39 Å². The summed E-state index contributed by atoms with van der Waals surface area (Å²) >= 11 is 0. The van der Waals surface area contributed by atoms with Crippen molar-refractivity contribution in [2.24, 2.45) is 0 Å². The van der Waals surface area contributed by atoms with Gasteiger partial charge in [0.15, 0.2) is 6.39 Å². The van der Waals surface area contributed by atoms with Gasteiger partial charge in [0.1, 0.15) is 5.76 Å². The van der Waals surface area contributed by atoms with E-state index in [0.717, 1.165) is 29.0 Å². The number of hydrogen-bond acceptors (Lipinski definition) is 3. The van der Waals surface area contributed by atoms with E-state index in [4.69, 9.17) is 10.2 Å². The number of benzene rings is 1. The fraction of sp³-hybridized carbons (Fsp3) is 0.182. The highest BCUT2D eigenvalue weighted by molar-refractivity contribution is 5.48. The molecule has 0 aliphatic carbocycles. The fourth-order valence-electron chi connectivity index (χ4n) is 1.33. The number of oxazole rings is 1. The van der Waals surface area contributed by atoms with Gasteiger partial charge in [0, 0.05) is 12.1 Å². The van der Waals surface area contributed by atoms with Crippen LogP contribution in [0.5, 0.6) is 0 Å². The zero-order valence-corrected chi connectivity index (χ0v) is 8.03.